The van der Waals surface area contributed by atoms with Crippen molar-refractivity contribution in [3.05, 3.63) is 151 Å². The van der Waals surface area contributed by atoms with Crippen LogP contribution in [0.5, 0.6) is 11.5 Å². The third kappa shape index (κ3) is 4.31. The van der Waals surface area contributed by atoms with Crippen LogP contribution in [0.25, 0.3) is 50.0 Å². The van der Waals surface area contributed by atoms with Crippen LogP contribution in [0.2, 0.25) is 0 Å². The molecule has 0 atom stereocenters. The Labute approximate surface area is 253 Å². The molecular formula is C38H28FN4O+. The molecule has 0 N–H and O–H groups in total. The van der Waals surface area contributed by atoms with E-state index in [4.69, 9.17) is 9.72 Å². The largest absolute Gasteiger partial charge is 0.457 e. The lowest BCUT2D eigenvalue weighted by molar-refractivity contribution is -0.569. The predicted octanol–water partition coefficient (Wildman–Crippen LogP) is 8.95. The molecule has 0 amide bonds. The molecule has 5 aromatic carbocycles. The van der Waals surface area contributed by atoms with Crippen LogP contribution < -0.4 is 9.30 Å². The zero-order valence-electron chi connectivity index (χ0n) is 24.3. The van der Waals surface area contributed by atoms with Crippen molar-refractivity contribution < 1.29 is 13.7 Å². The van der Waals surface area contributed by atoms with Gasteiger partial charge in [0.1, 0.15) is 23.0 Å². The lowest BCUT2D eigenvalue weighted by Gasteiger charge is -2.10. The summed E-state index contributed by atoms with van der Waals surface area (Å²) < 4.78 is 27.6. The Kier molecular flexibility index (Phi) is 6.01. The number of imidazole rings is 1. The average Bonchev–Trinajstić information content (AvgIpc) is 3.57. The van der Waals surface area contributed by atoms with Crippen LogP contribution in [-0.4, -0.2) is 14.1 Å². The topological polar surface area (TPSA) is 35.9 Å². The lowest BCUT2D eigenvalue weighted by atomic mass is 10.1. The number of aryl methyl sites for hydroxylation is 2. The predicted molar refractivity (Wildman–Crippen MR) is 173 cm³/mol. The molecule has 8 rings (SSSR count). The SMILES string of the molecule is Cc1cc(Oc2ccc3c4ccccc4n(-c4cc(C)ccn4)c3c2)cc(-n2c[n+](-c3ccccc3F)c3ccccc32)c1. The molecule has 212 valence electrons. The van der Waals surface area contributed by atoms with Crippen molar-refractivity contribution in [3.8, 4) is 28.7 Å². The molecule has 0 bridgehead atoms. The Hall–Kier alpha value is -5.75. The van der Waals surface area contributed by atoms with Gasteiger partial charge in [-0.15, -0.1) is 0 Å². The second-order valence-electron chi connectivity index (χ2n) is 11.1. The number of nitrogens with zero attached hydrogens (tertiary/aromatic N) is 4. The van der Waals surface area contributed by atoms with E-state index in [0.717, 1.165) is 61.2 Å². The second-order valence-corrected chi connectivity index (χ2v) is 11.1. The number of halogens is 1. The standard InChI is InChI=1S/C38H28FN4O/c1-25-17-18-40-38(21-25)43-33-11-5-3-9-30(33)31-16-15-28(23-37(31)43)44-29-20-26(2)19-27(22-29)41-24-42(34-12-6-4-10-32(34)39)36-14-8-7-13-35(36)41/h3-24H,1-2H3/q+1. The summed E-state index contributed by atoms with van der Waals surface area (Å²) in [4.78, 5) is 4.70. The smallest absolute Gasteiger partial charge is 0.255 e. The van der Waals surface area contributed by atoms with E-state index >= 15 is 0 Å². The van der Waals surface area contributed by atoms with E-state index in [1.807, 2.05) is 71.7 Å². The molecule has 0 spiro atoms. The summed E-state index contributed by atoms with van der Waals surface area (Å²) in [6, 6.07) is 39.7. The minimum Gasteiger partial charge on any atom is -0.457 e. The van der Waals surface area contributed by atoms with Gasteiger partial charge in [0.05, 0.1) is 11.0 Å². The number of para-hydroxylation sites is 4. The molecule has 0 radical (unpaired) electrons. The minimum absolute atomic E-state index is 0.276. The molecule has 0 saturated carbocycles. The fourth-order valence-corrected chi connectivity index (χ4v) is 6.12. The summed E-state index contributed by atoms with van der Waals surface area (Å²) >= 11 is 0. The Morgan fingerprint density at radius 2 is 1.43 bits per heavy atom. The number of aromatic nitrogens is 4. The van der Waals surface area contributed by atoms with Gasteiger partial charge in [0.25, 0.3) is 6.33 Å². The molecule has 8 aromatic rings. The van der Waals surface area contributed by atoms with Crippen LogP contribution in [0.3, 0.4) is 0 Å². The molecule has 0 aliphatic rings. The van der Waals surface area contributed by atoms with Gasteiger partial charge in [0, 0.05) is 29.1 Å². The molecule has 0 aliphatic carbocycles. The summed E-state index contributed by atoms with van der Waals surface area (Å²) in [6.45, 7) is 4.13. The number of rotatable bonds is 5. The molecule has 0 aliphatic heterocycles. The lowest BCUT2D eigenvalue weighted by Crippen LogP contribution is -2.30. The van der Waals surface area contributed by atoms with E-state index in [-0.39, 0.29) is 5.82 Å². The van der Waals surface area contributed by atoms with Crippen molar-refractivity contribution in [1.29, 1.82) is 0 Å². The Balaban J connectivity index is 1.24. The van der Waals surface area contributed by atoms with Gasteiger partial charge in [-0.3, -0.25) is 4.57 Å². The maximum atomic E-state index is 14.9. The number of fused-ring (bicyclic) bond motifs is 4. The van der Waals surface area contributed by atoms with Crippen LogP contribution in [0.15, 0.2) is 134 Å². The summed E-state index contributed by atoms with van der Waals surface area (Å²) in [5.74, 6) is 2.03. The van der Waals surface area contributed by atoms with Gasteiger partial charge in [0.15, 0.2) is 22.5 Å². The Morgan fingerprint density at radius 3 is 2.30 bits per heavy atom. The van der Waals surface area contributed by atoms with Gasteiger partial charge < -0.3 is 4.74 Å². The normalized spacial score (nSPS) is 11.5. The summed E-state index contributed by atoms with van der Waals surface area (Å²) in [5, 5.41) is 2.30. The first-order valence-electron chi connectivity index (χ1n) is 14.6. The fraction of sp³-hybridized carbons (Fsp3) is 0.0526. The molecule has 44 heavy (non-hydrogen) atoms. The monoisotopic (exact) mass is 575 g/mol. The van der Waals surface area contributed by atoms with Crippen molar-refractivity contribution in [2.45, 2.75) is 13.8 Å². The van der Waals surface area contributed by atoms with Crippen molar-refractivity contribution in [2.24, 2.45) is 0 Å². The zero-order valence-corrected chi connectivity index (χ0v) is 24.3. The quantitative estimate of drug-likeness (QED) is 0.192. The number of benzene rings is 5. The maximum absolute atomic E-state index is 14.9. The van der Waals surface area contributed by atoms with Crippen LogP contribution in [0.4, 0.5) is 4.39 Å². The number of pyridine rings is 1. The Bertz CT molecular complexity index is 2370. The van der Waals surface area contributed by atoms with Crippen molar-refractivity contribution in [2.75, 3.05) is 0 Å². The molecular weight excluding hydrogens is 547 g/mol. The maximum Gasteiger partial charge on any atom is 0.255 e. The van der Waals surface area contributed by atoms with Gasteiger partial charge in [-0.2, -0.15) is 9.13 Å². The highest BCUT2D eigenvalue weighted by atomic mass is 19.1. The van der Waals surface area contributed by atoms with Gasteiger partial charge in [-0.1, -0.05) is 42.5 Å². The number of hydrogen-bond acceptors (Lipinski definition) is 2. The van der Waals surface area contributed by atoms with E-state index in [0.29, 0.717) is 11.4 Å². The minimum atomic E-state index is -0.276. The first-order valence-corrected chi connectivity index (χ1v) is 14.6. The zero-order chi connectivity index (χ0) is 29.8. The summed E-state index contributed by atoms with van der Waals surface area (Å²) in [7, 11) is 0. The van der Waals surface area contributed by atoms with Crippen LogP contribution in [0, 0.1) is 19.7 Å². The summed E-state index contributed by atoms with van der Waals surface area (Å²) in [5.41, 5.74) is 7.61. The van der Waals surface area contributed by atoms with E-state index in [1.165, 1.54) is 6.07 Å². The number of hydrogen-bond donors (Lipinski definition) is 0. The molecule has 3 heterocycles. The van der Waals surface area contributed by atoms with Crippen molar-refractivity contribution in [1.82, 2.24) is 14.1 Å². The molecule has 0 saturated heterocycles. The molecule has 6 heteroatoms. The van der Waals surface area contributed by atoms with Crippen molar-refractivity contribution >= 4 is 32.8 Å². The van der Waals surface area contributed by atoms with E-state index < -0.39 is 0 Å². The third-order valence-corrected chi connectivity index (χ3v) is 8.07. The van der Waals surface area contributed by atoms with Gasteiger partial charge in [-0.25, -0.2) is 9.37 Å². The Morgan fingerprint density at radius 1 is 0.659 bits per heavy atom. The third-order valence-electron chi connectivity index (χ3n) is 8.07. The van der Waals surface area contributed by atoms with Gasteiger partial charge in [0.2, 0.25) is 0 Å². The highest BCUT2D eigenvalue weighted by Gasteiger charge is 2.21. The molecule has 5 nitrogen and oxygen atoms in total. The van der Waals surface area contributed by atoms with E-state index in [9.17, 15) is 4.39 Å². The second kappa shape index (κ2) is 10.2. The summed E-state index contributed by atoms with van der Waals surface area (Å²) in [6.07, 6.45) is 3.78. The van der Waals surface area contributed by atoms with Gasteiger partial charge >= 0.3 is 0 Å². The van der Waals surface area contributed by atoms with E-state index in [2.05, 4.69) is 71.5 Å². The van der Waals surface area contributed by atoms with Gasteiger partial charge in [-0.05, 0) is 91.7 Å². The highest BCUT2D eigenvalue weighted by molar-refractivity contribution is 6.09. The molecule has 0 unspecified atom stereocenters. The molecule has 0 fully saturated rings. The van der Waals surface area contributed by atoms with Crippen LogP contribution >= 0.6 is 0 Å². The van der Waals surface area contributed by atoms with Crippen LogP contribution in [-0.2, 0) is 0 Å². The highest BCUT2D eigenvalue weighted by Crippen LogP contribution is 2.35. The number of ether oxygens (including phenoxy) is 1. The average molecular weight is 576 g/mol. The first kappa shape index (κ1) is 25.9. The van der Waals surface area contributed by atoms with Crippen molar-refractivity contribution in [3.63, 3.8) is 0 Å². The fourth-order valence-electron chi connectivity index (χ4n) is 6.12. The van der Waals surface area contributed by atoms with Crippen LogP contribution in [0.1, 0.15) is 11.1 Å². The molecule has 3 aromatic heterocycles. The first-order chi connectivity index (χ1) is 21.5. The van der Waals surface area contributed by atoms with E-state index in [1.54, 1.807) is 12.1 Å².